The summed E-state index contributed by atoms with van der Waals surface area (Å²) in [5, 5.41) is 0. The van der Waals surface area contributed by atoms with Crippen molar-refractivity contribution < 1.29 is 19.1 Å². The zero-order valence-electron chi connectivity index (χ0n) is 8.23. The van der Waals surface area contributed by atoms with Crippen molar-refractivity contribution in [3.63, 3.8) is 0 Å². The molecule has 1 fully saturated rings. The van der Waals surface area contributed by atoms with E-state index in [9.17, 15) is 4.79 Å². The van der Waals surface area contributed by atoms with Crippen molar-refractivity contribution in [3.05, 3.63) is 29.8 Å². The Bertz CT molecular complexity index is 366. The van der Waals surface area contributed by atoms with Gasteiger partial charge in [0.1, 0.15) is 12.4 Å². The van der Waals surface area contributed by atoms with Crippen LogP contribution in [0.25, 0.3) is 0 Å². The summed E-state index contributed by atoms with van der Waals surface area (Å²) in [5.74, 6) is 0.681. The summed E-state index contributed by atoms with van der Waals surface area (Å²) in [7, 11) is 1.57. The largest absolute Gasteiger partial charge is 0.496 e. The Balaban J connectivity index is 2.24. The molecule has 1 amide bonds. The third-order valence-corrected chi connectivity index (χ3v) is 2.13. The number of methoxy groups -OCH3 is 1. The first-order valence-corrected chi connectivity index (χ1v) is 4.52. The van der Waals surface area contributed by atoms with Gasteiger partial charge in [-0.3, -0.25) is 4.84 Å². The number of nitrogens with one attached hydrogen (secondary N) is 1. The van der Waals surface area contributed by atoms with E-state index in [1.54, 1.807) is 7.11 Å². The van der Waals surface area contributed by atoms with Gasteiger partial charge in [0.25, 0.3) is 0 Å². The Kier molecular flexibility index (Phi) is 2.73. The van der Waals surface area contributed by atoms with Gasteiger partial charge >= 0.3 is 6.09 Å². The van der Waals surface area contributed by atoms with E-state index in [-0.39, 0.29) is 6.61 Å². The highest BCUT2D eigenvalue weighted by molar-refractivity contribution is 5.66. The first-order chi connectivity index (χ1) is 7.31. The van der Waals surface area contributed by atoms with Crippen molar-refractivity contribution in [2.24, 2.45) is 0 Å². The molecule has 0 bridgehead atoms. The molecule has 1 saturated heterocycles. The van der Waals surface area contributed by atoms with Crippen LogP contribution in [0, 0.1) is 0 Å². The Hall–Kier alpha value is -1.75. The number of amides is 1. The Morgan fingerprint density at radius 2 is 2.27 bits per heavy atom. The maximum absolute atomic E-state index is 10.9. The van der Waals surface area contributed by atoms with E-state index in [4.69, 9.17) is 14.3 Å². The minimum absolute atomic E-state index is 0.270. The molecule has 0 saturated carbocycles. The van der Waals surface area contributed by atoms with Gasteiger partial charge in [-0.25, -0.2) is 4.79 Å². The van der Waals surface area contributed by atoms with Crippen molar-refractivity contribution in [1.29, 1.82) is 0 Å². The number of para-hydroxylation sites is 1. The van der Waals surface area contributed by atoms with Crippen molar-refractivity contribution in [2.75, 3.05) is 13.7 Å². The molecule has 5 nitrogen and oxygen atoms in total. The molecule has 1 aromatic carbocycles. The standard InChI is InChI=1S/C10H11NO4/c1-13-8-5-3-2-4-7(8)9-6-14-11-10(12)15-9/h2-5,9H,6H2,1H3,(H,11,12). The van der Waals surface area contributed by atoms with Crippen molar-refractivity contribution in [2.45, 2.75) is 6.10 Å². The quantitative estimate of drug-likeness (QED) is 0.800. The Labute approximate surface area is 86.9 Å². The van der Waals surface area contributed by atoms with Crippen LogP contribution in [-0.4, -0.2) is 19.8 Å². The zero-order valence-corrected chi connectivity index (χ0v) is 8.23. The number of cyclic esters (lactones) is 1. The fourth-order valence-electron chi connectivity index (χ4n) is 1.45. The smallest absolute Gasteiger partial charge is 0.432 e. The maximum atomic E-state index is 10.9. The lowest BCUT2D eigenvalue weighted by molar-refractivity contribution is -0.0749. The fourth-order valence-corrected chi connectivity index (χ4v) is 1.45. The van der Waals surface area contributed by atoms with Crippen LogP contribution < -0.4 is 10.2 Å². The lowest BCUT2D eigenvalue weighted by atomic mass is 10.1. The second kappa shape index (κ2) is 4.18. The first kappa shape index (κ1) is 9.79. The highest BCUT2D eigenvalue weighted by Gasteiger charge is 2.24. The van der Waals surface area contributed by atoms with Gasteiger partial charge in [0, 0.05) is 5.56 Å². The lowest BCUT2D eigenvalue weighted by Crippen LogP contribution is -2.35. The van der Waals surface area contributed by atoms with E-state index < -0.39 is 12.2 Å². The number of carbonyl (C=O) groups excluding carboxylic acids is 1. The van der Waals surface area contributed by atoms with Crippen LogP contribution >= 0.6 is 0 Å². The van der Waals surface area contributed by atoms with Crippen LogP contribution in [0.3, 0.4) is 0 Å². The Morgan fingerprint density at radius 1 is 1.47 bits per heavy atom. The molecule has 15 heavy (non-hydrogen) atoms. The number of hydrogen-bond donors (Lipinski definition) is 1. The molecule has 0 spiro atoms. The molecule has 80 valence electrons. The normalized spacial score (nSPS) is 20.3. The average molecular weight is 209 g/mol. The number of ether oxygens (including phenoxy) is 2. The molecule has 1 unspecified atom stereocenters. The predicted molar refractivity (Wildman–Crippen MR) is 51.3 cm³/mol. The van der Waals surface area contributed by atoms with Gasteiger partial charge in [-0.15, -0.1) is 0 Å². The van der Waals surface area contributed by atoms with E-state index in [2.05, 4.69) is 5.48 Å². The van der Waals surface area contributed by atoms with E-state index >= 15 is 0 Å². The number of rotatable bonds is 2. The SMILES string of the molecule is COc1ccccc1C1CONC(=O)O1. The van der Waals surface area contributed by atoms with Crippen LogP contribution in [0.2, 0.25) is 0 Å². The molecular weight excluding hydrogens is 198 g/mol. The molecule has 1 aliphatic heterocycles. The molecule has 5 heteroatoms. The van der Waals surface area contributed by atoms with E-state index in [1.165, 1.54) is 0 Å². The summed E-state index contributed by atoms with van der Waals surface area (Å²) < 4.78 is 10.2. The van der Waals surface area contributed by atoms with Crippen LogP contribution in [0.4, 0.5) is 4.79 Å². The molecule has 0 radical (unpaired) electrons. The van der Waals surface area contributed by atoms with E-state index in [0.29, 0.717) is 5.75 Å². The highest BCUT2D eigenvalue weighted by Crippen LogP contribution is 2.28. The third-order valence-electron chi connectivity index (χ3n) is 2.13. The fraction of sp³-hybridized carbons (Fsp3) is 0.300. The zero-order chi connectivity index (χ0) is 10.7. The topological polar surface area (TPSA) is 56.8 Å². The lowest BCUT2D eigenvalue weighted by Gasteiger charge is -2.24. The van der Waals surface area contributed by atoms with Gasteiger partial charge < -0.3 is 9.47 Å². The van der Waals surface area contributed by atoms with E-state index in [0.717, 1.165) is 5.56 Å². The molecule has 1 heterocycles. The van der Waals surface area contributed by atoms with Crippen LogP contribution in [-0.2, 0) is 9.57 Å². The average Bonchev–Trinajstić information content (AvgIpc) is 2.29. The number of benzene rings is 1. The van der Waals surface area contributed by atoms with Gasteiger partial charge in [0.2, 0.25) is 0 Å². The van der Waals surface area contributed by atoms with Crippen LogP contribution in [0.5, 0.6) is 5.75 Å². The molecule has 1 N–H and O–H groups in total. The summed E-state index contributed by atoms with van der Waals surface area (Å²) in [5.41, 5.74) is 2.92. The molecule has 0 aliphatic carbocycles. The van der Waals surface area contributed by atoms with Gasteiger partial charge in [-0.2, -0.15) is 5.48 Å². The predicted octanol–water partition coefficient (Wildman–Crippen LogP) is 1.41. The third kappa shape index (κ3) is 2.02. The number of carbonyl (C=O) groups is 1. The summed E-state index contributed by atoms with van der Waals surface area (Å²) in [4.78, 5) is 15.8. The van der Waals surface area contributed by atoms with Crippen molar-refractivity contribution in [3.8, 4) is 5.75 Å². The minimum atomic E-state index is -0.586. The van der Waals surface area contributed by atoms with Crippen LogP contribution in [0.1, 0.15) is 11.7 Å². The highest BCUT2D eigenvalue weighted by atomic mass is 16.7. The molecule has 0 aromatic heterocycles. The summed E-state index contributed by atoms with van der Waals surface area (Å²) in [6, 6.07) is 7.36. The number of hydroxylamine groups is 1. The molecule has 1 aromatic rings. The summed E-state index contributed by atoms with van der Waals surface area (Å²) in [6.45, 7) is 0.270. The number of hydrogen-bond acceptors (Lipinski definition) is 4. The second-order valence-corrected chi connectivity index (χ2v) is 3.05. The van der Waals surface area contributed by atoms with Gasteiger partial charge in [-0.1, -0.05) is 18.2 Å². The maximum Gasteiger partial charge on any atom is 0.432 e. The minimum Gasteiger partial charge on any atom is -0.496 e. The monoisotopic (exact) mass is 209 g/mol. The van der Waals surface area contributed by atoms with Crippen LogP contribution in [0.15, 0.2) is 24.3 Å². The van der Waals surface area contributed by atoms with Gasteiger partial charge in [0.15, 0.2) is 6.10 Å². The summed E-state index contributed by atoms with van der Waals surface area (Å²) in [6.07, 6.45) is -1.01. The molecular formula is C10H11NO4. The molecule has 2 rings (SSSR count). The first-order valence-electron chi connectivity index (χ1n) is 4.52. The van der Waals surface area contributed by atoms with Crippen molar-refractivity contribution in [1.82, 2.24) is 5.48 Å². The molecule has 1 aliphatic rings. The van der Waals surface area contributed by atoms with E-state index in [1.807, 2.05) is 24.3 Å². The second-order valence-electron chi connectivity index (χ2n) is 3.05. The van der Waals surface area contributed by atoms with Gasteiger partial charge in [0.05, 0.1) is 7.11 Å². The molecule has 1 atom stereocenters. The van der Waals surface area contributed by atoms with Crippen molar-refractivity contribution >= 4 is 6.09 Å². The summed E-state index contributed by atoms with van der Waals surface area (Å²) >= 11 is 0. The van der Waals surface area contributed by atoms with Gasteiger partial charge in [-0.05, 0) is 6.07 Å². The Morgan fingerprint density at radius 3 is 3.00 bits per heavy atom.